The molecule has 0 aliphatic carbocycles. The number of nitrogens with zero attached hydrogens (tertiary/aromatic N) is 6. The van der Waals surface area contributed by atoms with Gasteiger partial charge < -0.3 is 10.1 Å². The van der Waals surface area contributed by atoms with E-state index in [2.05, 4.69) is 25.7 Å². The fourth-order valence-electron chi connectivity index (χ4n) is 3.51. The molecule has 30 heavy (non-hydrogen) atoms. The Morgan fingerprint density at radius 3 is 2.67 bits per heavy atom. The standard InChI is InChI=1S/C21H24FN7O/c1-13-16(14(2)28(4)26-13)9-10-30-19-11-15(22)5-6-17(19)18-7-8-20-24-25-21(12-23-3)29(20)27-18/h5-8,11,23H,9-10,12H2,1-4H3. The maximum atomic E-state index is 14.0. The van der Waals surface area contributed by atoms with Crippen molar-refractivity contribution in [1.29, 1.82) is 0 Å². The van der Waals surface area contributed by atoms with Crippen molar-refractivity contribution in [3.8, 4) is 17.0 Å². The Kier molecular flexibility index (Phi) is 5.45. The molecule has 0 bridgehead atoms. The van der Waals surface area contributed by atoms with Gasteiger partial charge in [0.15, 0.2) is 11.5 Å². The van der Waals surface area contributed by atoms with Gasteiger partial charge in [-0.25, -0.2) is 4.39 Å². The molecule has 1 aromatic carbocycles. The molecule has 0 saturated carbocycles. The molecule has 0 atom stereocenters. The first kappa shape index (κ1) is 20.0. The van der Waals surface area contributed by atoms with Gasteiger partial charge in [-0.15, -0.1) is 10.2 Å². The van der Waals surface area contributed by atoms with Crippen molar-refractivity contribution in [3.63, 3.8) is 0 Å². The lowest BCUT2D eigenvalue weighted by atomic mass is 10.1. The minimum atomic E-state index is -0.358. The number of hydrogen-bond acceptors (Lipinski definition) is 6. The number of halogens is 1. The van der Waals surface area contributed by atoms with Crippen LogP contribution in [0, 0.1) is 19.7 Å². The molecule has 9 heteroatoms. The van der Waals surface area contributed by atoms with Crippen LogP contribution in [0.3, 0.4) is 0 Å². The second-order valence-electron chi connectivity index (χ2n) is 7.15. The first-order chi connectivity index (χ1) is 14.5. The van der Waals surface area contributed by atoms with E-state index in [0.717, 1.165) is 17.0 Å². The number of ether oxygens (including phenoxy) is 1. The molecule has 8 nitrogen and oxygen atoms in total. The summed E-state index contributed by atoms with van der Waals surface area (Å²) in [6.45, 7) is 4.96. The second-order valence-corrected chi connectivity index (χ2v) is 7.15. The highest BCUT2D eigenvalue weighted by Gasteiger charge is 2.14. The number of aryl methyl sites for hydroxylation is 2. The number of nitrogens with one attached hydrogen (secondary N) is 1. The Labute approximate surface area is 173 Å². The fourth-order valence-corrected chi connectivity index (χ4v) is 3.51. The summed E-state index contributed by atoms with van der Waals surface area (Å²) in [6.07, 6.45) is 0.686. The maximum absolute atomic E-state index is 14.0. The number of rotatable bonds is 7. The zero-order valence-electron chi connectivity index (χ0n) is 17.5. The van der Waals surface area contributed by atoms with Gasteiger partial charge >= 0.3 is 0 Å². The molecule has 0 saturated heterocycles. The lowest BCUT2D eigenvalue weighted by molar-refractivity contribution is 0.321. The van der Waals surface area contributed by atoms with Gasteiger partial charge in [0.1, 0.15) is 11.6 Å². The average Bonchev–Trinajstić information content (AvgIpc) is 3.23. The van der Waals surface area contributed by atoms with E-state index in [9.17, 15) is 4.39 Å². The molecule has 0 spiro atoms. The number of benzene rings is 1. The van der Waals surface area contributed by atoms with E-state index in [1.165, 1.54) is 12.1 Å². The Bertz CT molecular complexity index is 1200. The first-order valence-electron chi connectivity index (χ1n) is 9.75. The number of hydrogen-bond donors (Lipinski definition) is 1. The molecule has 0 unspecified atom stereocenters. The minimum Gasteiger partial charge on any atom is -0.492 e. The van der Waals surface area contributed by atoms with Crippen LogP contribution >= 0.6 is 0 Å². The molecule has 1 N–H and O–H groups in total. The van der Waals surface area contributed by atoms with Gasteiger partial charge in [-0.3, -0.25) is 4.68 Å². The Balaban J connectivity index is 1.62. The van der Waals surface area contributed by atoms with Crippen molar-refractivity contribution in [2.75, 3.05) is 13.7 Å². The topological polar surface area (TPSA) is 82.2 Å². The van der Waals surface area contributed by atoms with E-state index in [4.69, 9.17) is 4.74 Å². The van der Waals surface area contributed by atoms with Gasteiger partial charge in [-0.05, 0) is 50.7 Å². The van der Waals surface area contributed by atoms with Crippen molar-refractivity contribution in [2.24, 2.45) is 7.05 Å². The highest BCUT2D eigenvalue weighted by Crippen LogP contribution is 2.30. The normalized spacial score (nSPS) is 11.4. The van der Waals surface area contributed by atoms with E-state index in [-0.39, 0.29) is 5.82 Å². The van der Waals surface area contributed by atoms with E-state index >= 15 is 0 Å². The van der Waals surface area contributed by atoms with E-state index in [1.54, 1.807) is 10.6 Å². The quantitative estimate of drug-likeness (QED) is 0.505. The summed E-state index contributed by atoms with van der Waals surface area (Å²) in [4.78, 5) is 0. The van der Waals surface area contributed by atoms with E-state index in [0.29, 0.717) is 48.1 Å². The van der Waals surface area contributed by atoms with Crippen LogP contribution in [0.5, 0.6) is 5.75 Å². The highest BCUT2D eigenvalue weighted by atomic mass is 19.1. The van der Waals surface area contributed by atoms with Crippen LogP contribution in [0.15, 0.2) is 30.3 Å². The summed E-state index contributed by atoms with van der Waals surface area (Å²) in [5, 5.41) is 20.4. The monoisotopic (exact) mass is 409 g/mol. The molecule has 156 valence electrons. The van der Waals surface area contributed by atoms with Crippen molar-refractivity contribution in [3.05, 3.63) is 58.9 Å². The van der Waals surface area contributed by atoms with Crippen molar-refractivity contribution in [2.45, 2.75) is 26.8 Å². The van der Waals surface area contributed by atoms with Crippen LogP contribution in [0.4, 0.5) is 4.39 Å². The van der Waals surface area contributed by atoms with Gasteiger partial charge in [0.05, 0.1) is 24.5 Å². The molecule has 3 heterocycles. The van der Waals surface area contributed by atoms with Crippen LogP contribution in [0.2, 0.25) is 0 Å². The largest absolute Gasteiger partial charge is 0.492 e. The maximum Gasteiger partial charge on any atom is 0.177 e. The number of aromatic nitrogens is 6. The molecule has 3 aromatic heterocycles. The zero-order valence-corrected chi connectivity index (χ0v) is 17.5. The molecule has 0 amide bonds. The van der Waals surface area contributed by atoms with Gasteiger partial charge in [0, 0.05) is 30.8 Å². The Hall–Kier alpha value is -3.33. The lowest BCUT2D eigenvalue weighted by Crippen LogP contribution is -2.10. The van der Waals surface area contributed by atoms with Crippen molar-refractivity contribution < 1.29 is 9.13 Å². The summed E-state index contributed by atoms with van der Waals surface area (Å²) in [6, 6.07) is 8.16. The van der Waals surface area contributed by atoms with Crippen LogP contribution in [-0.4, -0.2) is 43.2 Å². The molecule has 0 radical (unpaired) electrons. The molecular weight excluding hydrogens is 385 g/mol. The van der Waals surface area contributed by atoms with Gasteiger partial charge in [-0.2, -0.15) is 14.7 Å². The molecule has 0 aliphatic heterocycles. The van der Waals surface area contributed by atoms with E-state index in [1.807, 2.05) is 44.8 Å². The lowest BCUT2D eigenvalue weighted by Gasteiger charge is -2.12. The third-order valence-corrected chi connectivity index (χ3v) is 5.15. The molecule has 0 fully saturated rings. The van der Waals surface area contributed by atoms with Crippen LogP contribution in [-0.2, 0) is 20.0 Å². The molecule has 4 aromatic rings. The Morgan fingerprint density at radius 1 is 1.10 bits per heavy atom. The molecule has 4 rings (SSSR count). The smallest absolute Gasteiger partial charge is 0.177 e. The van der Waals surface area contributed by atoms with Gasteiger partial charge in [-0.1, -0.05) is 0 Å². The third-order valence-electron chi connectivity index (χ3n) is 5.15. The third kappa shape index (κ3) is 3.76. The summed E-state index contributed by atoms with van der Waals surface area (Å²) < 4.78 is 23.5. The first-order valence-corrected chi connectivity index (χ1v) is 9.75. The van der Waals surface area contributed by atoms with Crippen molar-refractivity contribution >= 4 is 5.65 Å². The van der Waals surface area contributed by atoms with Crippen LogP contribution in [0.25, 0.3) is 16.9 Å². The van der Waals surface area contributed by atoms with Gasteiger partial charge in [0.2, 0.25) is 0 Å². The minimum absolute atomic E-state index is 0.358. The van der Waals surface area contributed by atoms with Crippen LogP contribution < -0.4 is 10.1 Å². The Morgan fingerprint density at radius 2 is 1.93 bits per heavy atom. The predicted octanol–water partition coefficient (Wildman–Crippen LogP) is 2.62. The van der Waals surface area contributed by atoms with Crippen molar-refractivity contribution in [1.82, 2.24) is 34.9 Å². The average molecular weight is 409 g/mol. The van der Waals surface area contributed by atoms with E-state index < -0.39 is 0 Å². The fraction of sp³-hybridized carbons (Fsp3) is 0.333. The summed E-state index contributed by atoms with van der Waals surface area (Å²) in [7, 11) is 3.76. The zero-order chi connectivity index (χ0) is 21.3. The summed E-state index contributed by atoms with van der Waals surface area (Å²) in [5.41, 5.74) is 5.25. The molecule has 0 aliphatic rings. The summed E-state index contributed by atoms with van der Waals surface area (Å²) in [5.74, 6) is 0.787. The summed E-state index contributed by atoms with van der Waals surface area (Å²) >= 11 is 0. The SMILES string of the molecule is CNCc1nnc2ccc(-c3ccc(F)cc3OCCc3c(C)nn(C)c3C)nn12. The second kappa shape index (κ2) is 8.19. The molecular formula is C21H24FN7O. The van der Waals surface area contributed by atoms with Gasteiger partial charge in [0.25, 0.3) is 0 Å². The highest BCUT2D eigenvalue weighted by molar-refractivity contribution is 5.67. The number of fused-ring (bicyclic) bond motifs is 1. The van der Waals surface area contributed by atoms with Crippen LogP contribution in [0.1, 0.15) is 22.8 Å². The predicted molar refractivity (Wildman–Crippen MR) is 111 cm³/mol.